The summed E-state index contributed by atoms with van der Waals surface area (Å²) in [7, 11) is 4.22. The number of nitrogens with two attached hydrogens (primary N) is 2. The fraction of sp³-hybridized carbons (Fsp3) is 0.900. The minimum Gasteiger partial charge on any atom is -0.370 e. The van der Waals surface area contributed by atoms with Gasteiger partial charge in [-0.2, -0.15) is 0 Å². The second kappa shape index (κ2) is 8.81. The largest absolute Gasteiger partial charge is 0.370 e. The zero-order chi connectivity index (χ0) is 10.8. The summed E-state index contributed by atoms with van der Waals surface area (Å²) in [6.45, 7) is 1.96. The van der Waals surface area contributed by atoms with E-state index in [1.807, 2.05) is 0 Å². The molecule has 0 saturated heterocycles. The quantitative estimate of drug-likeness (QED) is 0.345. The lowest BCUT2D eigenvalue weighted by atomic mass is 10.1. The maximum absolute atomic E-state index is 5.21. The number of hydrogen-bond donors (Lipinski definition) is 2. The zero-order valence-corrected chi connectivity index (χ0v) is 9.50. The highest BCUT2D eigenvalue weighted by Crippen LogP contribution is 2.03. The van der Waals surface area contributed by atoms with Crippen LogP contribution in [-0.4, -0.2) is 38.0 Å². The molecule has 4 nitrogen and oxygen atoms in total. The average molecular weight is 200 g/mol. The highest BCUT2D eigenvalue weighted by molar-refractivity contribution is 5.75. The molecule has 0 radical (unpaired) electrons. The number of guanidine groups is 1. The molecule has 0 rings (SSSR count). The van der Waals surface area contributed by atoms with Gasteiger partial charge in [-0.15, -0.1) is 0 Å². The first-order valence-corrected chi connectivity index (χ1v) is 5.33. The number of hydrogen-bond acceptors (Lipinski definition) is 2. The van der Waals surface area contributed by atoms with Crippen LogP contribution in [-0.2, 0) is 0 Å². The predicted octanol–water partition coefficient (Wildman–Crippen LogP) is 0.772. The van der Waals surface area contributed by atoms with Crippen LogP contribution in [0, 0.1) is 0 Å². The van der Waals surface area contributed by atoms with E-state index in [0.29, 0.717) is 0 Å². The second-order valence-corrected chi connectivity index (χ2v) is 3.88. The SMILES string of the molecule is CN(C)CCCCCCCN=C(N)N. The van der Waals surface area contributed by atoms with Crippen LogP contribution in [0.2, 0.25) is 0 Å². The highest BCUT2D eigenvalue weighted by atomic mass is 15.0. The van der Waals surface area contributed by atoms with Crippen molar-refractivity contribution in [2.75, 3.05) is 27.2 Å². The van der Waals surface area contributed by atoms with Gasteiger partial charge >= 0.3 is 0 Å². The van der Waals surface area contributed by atoms with Gasteiger partial charge in [0.2, 0.25) is 0 Å². The lowest BCUT2D eigenvalue weighted by molar-refractivity contribution is 0.390. The Balaban J connectivity index is 3.03. The Labute approximate surface area is 87.4 Å². The fourth-order valence-corrected chi connectivity index (χ4v) is 1.28. The van der Waals surface area contributed by atoms with Gasteiger partial charge < -0.3 is 16.4 Å². The van der Waals surface area contributed by atoms with Crippen LogP contribution in [0.15, 0.2) is 4.99 Å². The van der Waals surface area contributed by atoms with Gasteiger partial charge in [0.05, 0.1) is 0 Å². The summed E-state index contributed by atoms with van der Waals surface area (Å²) < 4.78 is 0. The molecule has 4 N–H and O–H groups in total. The van der Waals surface area contributed by atoms with E-state index in [-0.39, 0.29) is 5.96 Å². The minimum atomic E-state index is 0.206. The Morgan fingerprint density at radius 1 is 1.00 bits per heavy atom. The van der Waals surface area contributed by atoms with Gasteiger partial charge in [-0.1, -0.05) is 19.3 Å². The standard InChI is InChI=1S/C10H24N4/c1-14(2)9-7-5-3-4-6-8-13-10(11)12/h3-9H2,1-2H3,(H4,11,12,13). The summed E-state index contributed by atoms with van der Waals surface area (Å²) in [5, 5.41) is 0. The van der Waals surface area contributed by atoms with E-state index >= 15 is 0 Å². The molecule has 0 bridgehead atoms. The van der Waals surface area contributed by atoms with Crippen molar-refractivity contribution in [2.45, 2.75) is 32.1 Å². The third kappa shape index (κ3) is 11.2. The van der Waals surface area contributed by atoms with Crippen LogP contribution in [0.25, 0.3) is 0 Å². The van der Waals surface area contributed by atoms with Crippen molar-refractivity contribution in [1.82, 2.24) is 4.90 Å². The molecule has 0 saturated carbocycles. The molecule has 0 aliphatic carbocycles. The number of nitrogens with zero attached hydrogens (tertiary/aromatic N) is 2. The summed E-state index contributed by atoms with van der Waals surface area (Å²) in [6, 6.07) is 0. The van der Waals surface area contributed by atoms with Crippen LogP contribution >= 0.6 is 0 Å². The fourth-order valence-electron chi connectivity index (χ4n) is 1.28. The molecule has 0 aromatic rings. The van der Waals surface area contributed by atoms with Crippen LogP contribution in [0.3, 0.4) is 0 Å². The molecule has 0 fully saturated rings. The molecule has 0 spiro atoms. The second-order valence-electron chi connectivity index (χ2n) is 3.88. The molecular formula is C10H24N4. The maximum Gasteiger partial charge on any atom is 0.185 e. The Morgan fingerprint density at radius 2 is 1.57 bits per heavy atom. The monoisotopic (exact) mass is 200 g/mol. The van der Waals surface area contributed by atoms with Gasteiger partial charge in [-0.05, 0) is 33.5 Å². The Hall–Kier alpha value is -0.770. The zero-order valence-electron chi connectivity index (χ0n) is 9.50. The van der Waals surface area contributed by atoms with E-state index in [4.69, 9.17) is 11.5 Å². The molecule has 84 valence electrons. The summed E-state index contributed by atoms with van der Waals surface area (Å²) in [4.78, 5) is 6.16. The van der Waals surface area contributed by atoms with Crippen LogP contribution < -0.4 is 11.5 Å². The van der Waals surface area contributed by atoms with E-state index < -0.39 is 0 Å². The van der Waals surface area contributed by atoms with Crippen molar-refractivity contribution in [3.63, 3.8) is 0 Å². The van der Waals surface area contributed by atoms with Crippen LogP contribution in [0.5, 0.6) is 0 Å². The van der Waals surface area contributed by atoms with Gasteiger partial charge in [-0.3, -0.25) is 4.99 Å². The Bertz CT molecular complexity index is 150. The minimum absolute atomic E-state index is 0.206. The molecule has 0 atom stereocenters. The summed E-state index contributed by atoms with van der Waals surface area (Å²) in [5.74, 6) is 0.206. The van der Waals surface area contributed by atoms with Crippen molar-refractivity contribution in [3.05, 3.63) is 0 Å². The van der Waals surface area contributed by atoms with Gasteiger partial charge in [0.25, 0.3) is 0 Å². The van der Waals surface area contributed by atoms with E-state index in [2.05, 4.69) is 24.0 Å². The number of unbranched alkanes of at least 4 members (excludes halogenated alkanes) is 4. The lowest BCUT2D eigenvalue weighted by Crippen LogP contribution is -2.22. The van der Waals surface area contributed by atoms with E-state index in [1.54, 1.807) is 0 Å². The Kier molecular flexibility index (Phi) is 8.33. The molecule has 0 aliphatic heterocycles. The van der Waals surface area contributed by atoms with Crippen LogP contribution in [0.1, 0.15) is 32.1 Å². The van der Waals surface area contributed by atoms with Crippen LogP contribution in [0.4, 0.5) is 0 Å². The summed E-state index contributed by atoms with van der Waals surface area (Å²) >= 11 is 0. The molecule has 0 unspecified atom stereocenters. The highest BCUT2D eigenvalue weighted by Gasteiger charge is 1.92. The Morgan fingerprint density at radius 3 is 2.14 bits per heavy atom. The number of aliphatic imine (C=N–C) groups is 1. The van der Waals surface area contributed by atoms with Gasteiger partial charge in [0.1, 0.15) is 0 Å². The van der Waals surface area contributed by atoms with E-state index in [9.17, 15) is 0 Å². The molecule has 0 aliphatic rings. The first-order chi connectivity index (χ1) is 6.63. The predicted molar refractivity (Wildman–Crippen MR) is 62.3 cm³/mol. The molecular weight excluding hydrogens is 176 g/mol. The van der Waals surface area contributed by atoms with Crippen molar-refractivity contribution >= 4 is 5.96 Å². The maximum atomic E-state index is 5.21. The third-order valence-corrected chi connectivity index (χ3v) is 2.06. The van der Waals surface area contributed by atoms with Crippen molar-refractivity contribution in [1.29, 1.82) is 0 Å². The number of rotatable bonds is 8. The summed E-state index contributed by atoms with van der Waals surface area (Å²) in [6.07, 6.45) is 6.20. The normalized spacial score (nSPS) is 10.5. The lowest BCUT2D eigenvalue weighted by Gasteiger charge is -2.08. The van der Waals surface area contributed by atoms with E-state index in [1.165, 1.54) is 32.2 Å². The van der Waals surface area contributed by atoms with Gasteiger partial charge in [0.15, 0.2) is 5.96 Å². The molecule has 14 heavy (non-hydrogen) atoms. The average Bonchev–Trinajstić information content (AvgIpc) is 2.08. The smallest absolute Gasteiger partial charge is 0.185 e. The molecule has 0 aromatic carbocycles. The molecule has 0 heterocycles. The topological polar surface area (TPSA) is 67.6 Å². The molecule has 0 amide bonds. The molecule has 0 aromatic heterocycles. The van der Waals surface area contributed by atoms with Crippen molar-refractivity contribution in [2.24, 2.45) is 16.5 Å². The van der Waals surface area contributed by atoms with E-state index in [0.717, 1.165) is 13.0 Å². The van der Waals surface area contributed by atoms with Gasteiger partial charge in [-0.25, -0.2) is 0 Å². The first-order valence-electron chi connectivity index (χ1n) is 5.33. The molecule has 4 heteroatoms. The third-order valence-electron chi connectivity index (χ3n) is 2.06. The first kappa shape index (κ1) is 13.2. The van der Waals surface area contributed by atoms with Crippen molar-refractivity contribution in [3.8, 4) is 0 Å². The summed E-state index contributed by atoms with van der Waals surface area (Å²) in [5.41, 5.74) is 10.4. The van der Waals surface area contributed by atoms with Gasteiger partial charge in [0, 0.05) is 6.54 Å². The van der Waals surface area contributed by atoms with Crippen molar-refractivity contribution < 1.29 is 0 Å².